The monoisotopic (exact) mass is 260 g/mol. The van der Waals surface area contributed by atoms with E-state index in [1.165, 1.54) is 0 Å². The lowest BCUT2D eigenvalue weighted by Crippen LogP contribution is -2.55. The van der Waals surface area contributed by atoms with Gasteiger partial charge in [-0.1, -0.05) is 0 Å². The van der Waals surface area contributed by atoms with Gasteiger partial charge < -0.3 is 15.3 Å². The van der Waals surface area contributed by atoms with Gasteiger partial charge in [0.25, 0.3) is 0 Å². The maximum Gasteiger partial charge on any atom is 0.327 e. The van der Waals surface area contributed by atoms with E-state index in [0.29, 0.717) is 31.0 Å². The molecule has 19 heavy (non-hydrogen) atoms. The zero-order valence-electron chi connectivity index (χ0n) is 11.0. The summed E-state index contributed by atoms with van der Waals surface area (Å²) in [6.07, 6.45) is 0. The Hall–Kier alpha value is -2.13. The Bertz CT molecular complexity index is 550. The molecule has 100 valence electrons. The molecule has 6 nitrogen and oxygen atoms in total. The van der Waals surface area contributed by atoms with E-state index in [9.17, 15) is 15.2 Å². The summed E-state index contributed by atoms with van der Waals surface area (Å²) < 4.78 is 0. The lowest BCUT2D eigenvalue weighted by atomic mass is 10.1. The van der Waals surface area contributed by atoms with E-state index in [-0.39, 0.29) is 0 Å². The molecule has 1 aromatic rings. The van der Waals surface area contributed by atoms with Gasteiger partial charge in [0.15, 0.2) is 0 Å². The van der Waals surface area contributed by atoms with Gasteiger partial charge in [-0.25, -0.2) is 9.78 Å². The van der Waals surface area contributed by atoms with Gasteiger partial charge in [0.1, 0.15) is 17.9 Å². The summed E-state index contributed by atoms with van der Waals surface area (Å²) in [4.78, 5) is 17.4. The number of aryl methyl sites for hydroxylation is 2. The number of hydrogen-bond acceptors (Lipinski definition) is 5. The molecular weight excluding hydrogens is 244 g/mol. The van der Waals surface area contributed by atoms with E-state index in [1.54, 1.807) is 4.90 Å². The molecule has 1 aromatic heterocycles. The average Bonchev–Trinajstić information content (AvgIpc) is 2.37. The van der Waals surface area contributed by atoms with Crippen molar-refractivity contribution in [2.24, 2.45) is 0 Å². The highest BCUT2D eigenvalue weighted by Gasteiger charge is 2.31. The third kappa shape index (κ3) is 2.51. The van der Waals surface area contributed by atoms with Crippen molar-refractivity contribution in [3.05, 3.63) is 22.9 Å². The van der Waals surface area contributed by atoms with Gasteiger partial charge in [0, 0.05) is 25.3 Å². The fourth-order valence-electron chi connectivity index (χ4n) is 2.34. The Morgan fingerprint density at radius 3 is 3.00 bits per heavy atom. The second-order valence-corrected chi connectivity index (χ2v) is 4.64. The van der Waals surface area contributed by atoms with Crippen molar-refractivity contribution in [1.82, 2.24) is 10.3 Å². The summed E-state index contributed by atoms with van der Waals surface area (Å²) in [5, 5.41) is 21.6. The number of anilines is 1. The molecule has 0 spiro atoms. The minimum absolute atomic E-state index is 0.356. The maximum atomic E-state index is 11.3. The molecule has 1 atom stereocenters. The zero-order chi connectivity index (χ0) is 14.0. The SMILES string of the molecule is Cc1cc(C)c(C#N)c(N2CCNCC2C(=O)O)n1. The minimum Gasteiger partial charge on any atom is -0.480 e. The number of carboxylic acid groups (broad SMARTS) is 1. The second kappa shape index (κ2) is 5.24. The summed E-state index contributed by atoms with van der Waals surface area (Å²) in [6.45, 7) is 5.25. The quantitative estimate of drug-likeness (QED) is 0.801. The molecule has 1 unspecified atom stereocenters. The lowest BCUT2D eigenvalue weighted by molar-refractivity contribution is -0.138. The minimum atomic E-state index is -0.906. The highest BCUT2D eigenvalue weighted by Crippen LogP contribution is 2.24. The number of piperazine rings is 1. The number of hydrogen-bond donors (Lipinski definition) is 2. The molecule has 1 fully saturated rings. The first kappa shape index (κ1) is 13.3. The first-order chi connectivity index (χ1) is 9.04. The van der Waals surface area contributed by atoms with Crippen molar-refractivity contribution >= 4 is 11.8 Å². The topological polar surface area (TPSA) is 89.2 Å². The van der Waals surface area contributed by atoms with Crippen molar-refractivity contribution in [3.8, 4) is 6.07 Å². The molecule has 1 aliphatic rings. The number of aliphatic carboxylic acids is 1. The van der Waals surface area contributed by atoms with Crippen LogP contribution in [0, 0.1) is 25.2 Å². The fraction of sp³-hybridized carbons (Fsp3) is 0.462. The van der Waals surface area contributed by atoms with Crippen LogP contribution in [0.3, 0.4) is 0 Å². The number of carboxylic acids is 1. The molecule has 0 radical (unpaired) electrons. The third-order valence-corrected chi connectivity index (χ3v) is 3.24. The molecule has 2 rings (SSSR count). The van der Waals surface area contributed by atoms with Gasteiger partial charge >= 0.3 is 5.97 Å². The predicted octanol–water partition coefficient (Wildman–Crippen LogP) is 0.433. The molecule has 0 bridgehead atoms. The number of nitrogens with one attached hydrogen (secondary N) is 1. The molecule has 2 heterocycles. The summed E-state index contributed by atoms with van der Waals surface area (Å²) in [6, 6.07) is 3.28. The fourth-order valence-corrected chi connectivity index (χ4v) is 2.34. The average molecular weight is 260 g/mol. The van der Waals surface area contributed by atoms with Crippen LogP contribution < -0.4 is 10.2 Å². The number of nitrogens with zero attached hydrogens (tertiary/aromatic N) is 3. The van der Waals surface area contributed by atoms with E-state index in [1.807, 2.05) is 19.9 Å². The van der Waals surface area contributed by atoms with Crippen molar-refractivity contribution in [3.63, 3.8) is 0 Å². The number of aromatic nitrogens is 1. The van der Waals surface area contributed by atoms with Crippen LogP contribution in [0.4, 0.5) is 5.82 Å². The van der Waals surface area contributed by atoms with Crippen molar-refractivity contribution in [2.75, 3.05) is 24.5 Å². The number of carbonyl (C=O) groups is 1. The summed E-state index contributed by atoms with van der Waals surface area (Å²) in [5.41, 5.74) is 2.07. The van der Waals surface area contributed by atoms with Crippen LogP contribution in [0.15, 0.2) is 6.07 Å². The Labute approximate surface area is 111 Å². The molecule has 1 aliphatic heterocycles. The molecule has 0 amide bonds. The molecule has 0 aromatic carbocycles. The summed E-state index contributed by atoms with van der Waals surface area (Å²) in [7, 11) is 0. The van der Waals surface area contributed by atoms with Crippen molar-refractivity contribution in [1.29, 1.82) is 5.26 Å². The van der Waals surface area contributed by atoms with Gasteiger partial charge in [-0.2, -0.15) is 5.26 Å². The van der Waals surface area contributed by atoms with Gasteiger partial charge in [-0.05, 0) is 25.5 Å². The van der Waals surface area contributed by atoms with Crippen molar-refractivity contribution < 1.29 is 9.90 Å². The predicted molar refractivity (Wildman–Crippen MR) is 70.1 cm³/mol. The van der Waals surface area contributed by atoms with Gasteiger partial charge in [0.2, 0.25) is 0 Å². The highest BCUT2D eigenvalue weighted by atomic mass is 16.4. The zero-order valence-corrected chi connectivity index (χ0v) is 11.0. The van der Waals surface area contributed by atoms with Crippen LogP contribution in [-0.2, 0) is 4.79 Å². The normalized spacial score (nSPS) is 19.0. The first-order valence-corrected chi connectivity index (χ1v) is 6.13. The highest BCUT2D eigenvalue weighted by molar-refractivity contribution is 5.79. The van der Waals surface area contributed by atoms with E-state index in [2.05, 4.69) is 16.4 Å². The third-order valence-electron chi connectivity index (χ3n) is 3.24. The van der Waals surface area contributed by atoms with Gasteiger partial charge in [0.05, 0.1) is 5.56 Å². The lowest BCUT2D eigenvalue weighted by Gasteiger charge is -2.35. The Kier molecular flexibility index (Phi) is 3.67. The van der Waals surface area contributed by atoms with Gasteiger partial charge in [-0.15, -0.1) is 0 Å². The van der Waals surface area contributed by atoms with Crippen LogP contribution in [-0.4, -0.2) is 41.7 Å². The van der Waals surface area contributed by atoms with E-state index < -0.39 is 12.0 Å². The van der Waals surface area contributed by atoms with Crippen LogP contribution in [0.2, 0.25) is 0 Å². The second-order valence-electron chi connectivity index (χ2n) is 4.64. The number of rotatable bonds is 2. The molecule has 6 heteroatoms. The van der Waals surface area contributed by atoms with E-state index >= 15 is 0 Å². The number of nitriles is 1. The van der Waals surface area contributed by atoms with E-state index in [4.69, 9.17) is 0 Å². The Morgan fingerprint density at radius 1 is 1.63 bits per heavy atom. The molecule has 2 N–H and O–H groups in total. The van der Waals surface area contributed by atoms with Gasteiger partial charge in [-0.3, -0.25) is 0 Å². The molecular formula is C13H16N4O2. The molecule has 0 saturated carbocycles. The summed E-state index contributed by atoms with van der Waals surface area (Å²) in [5.74, 6) is -0.425. The van der Waals surface area contributed by atoms with Crippen LogP contribution in [0.1, 0.15) is 16.8 Å². The smallest absolute Gasteiger partial charge is 0.327 e. The Balaban J connectivity index is 2.50. The summed E-state index contributed by atoms with van der Waals surface area (Å²) >= 11 is 0. The Morgan fingerprint density at radius 2 is 2.37 bits per heavy atom. The van der Waals surface area contributed by atoms with Crippen LogP contribution in [0.25, 0.3) is 0 Å². The number of pyridine rings is 1. The van der Waals surface area contributed by atoms with Crippen molar-refractivity contribution in [2.45, 2.75) is 19.9 Å². The first-order valence-electron chi connectivity index (χ1n) is 6.13. The molecule has 0 aliphatic carbocycles. The molecule has 1 saturated heterocycles. The van der Waals surface area contributed by atoms with Crippen LogP contribution in [0.5, 0.6) is 0 Å². The van der Waals surface area contributed by atoms with Crippen LogP contribution >= 0.6 is 0 Å². The largest absolute Gasteiger partial charge is 0.480 e. The maximum absolute atomic E-state index is 11.3. The standard InChI is InChI=1S/C13H16N4O2/c1-8-5-9(2)16-12(10(8)6-14)17-4-3-15-7-11(17)13(18)19/h5,11,15H,3-4,7H2,1-2H3,(H,18,19). The van der Waals surface area contributed by atoms with E-state index in [0.717, 1.165) is 11.3 Å².